The number of hydrogen-bond donors (Lipinski definition) is 0. The first kappa shape index (κ1) is 37.5. The number of fused-ring (bicyclic) bond motifs is 10. The van der Waals surface area contributed by atoms with Gasteiger partial charge in [-0.1, -0.05) is 177 Å². The van der Waals surface area contributed by atoms with Gasteiger partial charge in [0.25, 0.3) is 0 Å². The Balaban J connectivity index is 1.07. The lowest BCUT2D eigenvalue weighted by Gasteiger charge is -2.29. The van der Waals surface area contributed by atoms with Crippen LogP contribution in [0.5, 0.6) is 0 Å². The molecule has 3 nitrogen and oxygen atoms in total. The summed E-state index contributed by atoms with van der Waals surface area (Å²) in [5.74, 6) is -0.0149. The summed E-state index contributed by atoms with van der Waals surface area (Å²) < 4.78 is 9.72. The Kier molecular flexibility index (Phi) is 8.70. The molecule has 65 heavy (non-hydrogen) atoms. The van der Waals surface area contributed by atoms with Gasteiger partial charge in [-0.25, -0.2) is 0 Å². The Hall–Kier alpha value is -8.01. The van der Waals surface area contributed by atoms with Gasteiger partial charge in [-0.15, -0.1) is 0 Å². The van der Waals surface area contributed by atoms with E-state index in [1.54, 1.807) is 0 Å². The number of aliphatic imine (C=N–C) groups is 1. The molecule has 0 fully saturated rings. The molecule has 0 spiro atoms. The molecule has 0 saturated carbocycles. The molecule has 10 aromatic carbocycles. The smallest absolute Gasteiger partial charge is 0.143 e. The molecule has 1 aliphatic heterocycles. The minimum absolute atomic E-state index is 0.0149. The van der Waals surface area contributed by atoms with E-state index >= 15 is 0 Å². The van der Waals surface area contributed by atoms with Gasteiger partial charge in [-0.3, -0.25) is 4.99 Å². The molecule has 308 valence electrons. The highest BCUT2D eigenvalue weighted by Crippen LogP contribution is 2.47. The summed E-state index contributed by atoms with van der Waals surface area (Å²) in [7, 11) is 0. The molecule has 1 unspecified atom stereocenters. The predicted octanol–water partition coefficient (Wildman–Crippen LogP) is 16.9. The molecule has 3 heteroatoms. The fourth-order valence-electron chi connectivity index (χ4n) is 10.9. The Morgan fingerprint density at radius 3 is 1.97 bits per heavy atom. The van der Waals surface area contributed by atoms with E-state index in [4.69, 9.17) is 9.41 Å². The number of nitrogens with zero attached hydrogens (tertiary/aromatic N) is 2. The highest BCUT2D eigenvalue weighted by atomic mass is 16.3. The van der Waals surface area contributed by atoms with Crippen LogP contribution in [-0.2, 0) is 0 Å². The normalized spacial score (nSPS) is 17.4. The minimum Gasteiger partial charge on any atom is -0.455 e. The highest BCUT2D eigenvalue weighted by Gasteiger charge is 2.30. The van der Waals surface area contributed by atoms with Crippen molar-refractivity contribution < 1.29 is 4.42 Å². The molecule has 12 aromatic rings. The predicted molar refractivity (Wildman–Crippen MR) is 275 cm³/mol. The van der Waals surface area contributed by atoms with Gasteiger partial charge >= 0.3 is 0 Å². The SMILES string of the molecule is C[C@@H]1/C(c2cc(-n3c4ccccc4c4cc5ccccc5cc43)cc3c2oc2c4ccccc4ccc32)=C\CC/C(c2cccc(-c3ccccc3)c2)=N\C1c1cccc2ccccc12. The van der Waals surface area contributed by atoms with Crippen molar-refractivity contribution in [1.82, 2.24) is 4.57 Å². The van der Waals surface area contributed by atoms with Crippen LogP contribution in [0.25, 0.3) is 98.4 Å². The van der Waals surface area contributed by atoms with E-state index in [9.17, 15) is 0 Å². The summed E-state index contributed by atoms with van der Waals surface area (Å²) in [6.07, 6.45) is 4.15. The van der Waals surface area contributed by atoms with Crippen molar-refractivity contribution in [3.05, 3.63) is 229 Å². The van der Waals surface area contributed by atoms with Gasteiger partial charge in [0.2, 0.25) is 0 Å². The number of para-hydroxylation sites is 1. The monoisotopic (exact) mass is 832 g/mol. The third kappa shape index (κ3) is 6.14. The van der Waals surface area contributed by atoms with Crippen LogP contribution < -0.4 is 0 Å². The van der Waals surface area contributed by atoms with Gasteiger partial charge in [0, 0.05) is 49.8 Å². The van der Waals surface area contributed by atoms with E-state index in [-0.39, 0.29) is 12.0 Å². The average molecular weight is 833 g/mol. The first-order valence-electron chi connectivity index (χ1n) is 22.9. The standard InChI is InChI=1S/C62H44N2O/c1-39-48(28-15-30-57(46-24-13-23-43(34-46)40-16-3-2-4-17-40)63-60(39)52-29-14-22-41-18-7-9-25-49(41)52)55-37-47(38-56-53-33-32-42-19-8-10-26-50(42)61(53)65-62(55)56)64-58-31-12-11-27-51(58)54-35-44-20-5-6-21-45(44)36-59(54)64/h2-14,16-29,31-39,60H,15,30H2,1H3/b48-28+,63-57+/t39-,60?/m1/s1. The lowest BCUT2D eigenvalue weighted by molar-refractivity contribution is 0.580. The van der Waals surface area contributed by atoms with Gasteiger partial charge in [-0.05, 0) is 110 Å². The lowest BCUT2D eigenvalue weighted by atomic mass is 9.81. The highest BCUT2D eigenvalue weighted by molar-refractivity contribution is 6.18. The fourth-order valence-corrected chi connectivity index (χ4v) is 10.9. The van der Waals surface area contributed by atoms with Crippen molar-refractivity contribution in [2.75, 3.05) is 0 Å². The zero-order valence-electron chi connectivity index (χ0n) is 36.1. The van der Waals surface area contributed by atoms with E-state index in [0.29, 0.717) is 0 Å². The van der Waals surface area contributed by atoms with Crippen LogP contribution in [0.1, 0.15) is 42.5 Å². The van der Waals surface area contributed by atoms with E-state index in [1.807, 2.05) is 0 Å². The molecule has 0 radical (unpaired) electrons. The van der Waals surface area contributed by atoms with Gasteiger partial charge in [0.15, 0.2) is 0 Å². The van der Waals surface area contributed by atoms with Crippen molar-refractivity contribution in [2.24, 2.45) is 10.9 Å². The Labute approximate surface area is 377 Å². The second-order valence-electron chi connectivity index (χ2n) is 17.7. The first-order chi connectivity index (χ1) is 32.1. The van der Waals surface area contributed by atoms with Gasteiger partial charge in [0.1, 0.15) is 11.2 Å². The number of aromatic nitrogens is 1. The van der Waals surface area contributed by atoms with Gasteiger partial charge in [-0.2, -0.15) is 0 Å². The zero-order chi connectivity index (χ0) is 43.0. The second kappa shape index (κ2) is 15.1. The first-order valence-corrected chi connectivity index (χ1v) is 22.9. The van der Waals surface area contributed by atoms with Gasteiger partial charge in [0.05, 0.1) is 17.1 Å². The van der Waals surface area contributed by atoms with Crippen LogP contribution in [0.2, 0.25) is 0 Å². The van der Waals surface area contributed by atoms with E-state index in [0.717, 1.165) is 57.1 Å². The van der Waals surface area contributed by atoms with Crippen LogP contribution >= 0.6 is 0 Å². The maximum atomic E-state index is 7.25. The van der Waals surface area contributed by atoms with Gasteiger partial charge < -0.3 is 8.98 Å². The summed E-state index contributed by atoms with van der Waals surface area (Å²) in [5.41, 5.74) is 13.7. The topological polar surface area (TPSA) is 30.4 Å². The maximum absolute atomic E-state index is 7.25. The molecular formula is C62H44N2O. The molecule has 0 amide bonds. The third-order valence-electron chi connectivity index (χ3n) is 14.0. The average Bonchev–Trinajstić information content (AvgIpc) is 3.90. The molecule has 3 heterocycles. The lowest BCUT2D eigenvalue weighted by Crippen LogP contribution is -2.16. The van der Waals surface area contributed by atoms with Crippen LogP contribution in [-0.4, -0.2) is 10.3 Å². The van der Waals surface area contributed by atoms with Crippen molar-refractivity contribution in [1.29, 1.82) is 0 Å². The second-order valence-corrected chi connectivity index (χ2v) is 17.7. The van der Waals surface area contributed by atoms with Crippen molar-refractivity contribution in [3.8, 4) is 16.8 Å². The number of hydrogen-bond acceptors (Lipinski definition) is 2. The fraction of sp³-hybridized carbons (Fsp3) is 0.0806. The number of allylic oxidation sites excluding steroid dienone is 1. The summed E-state index contributed by atoms with van der Waals surface area (Å²) in [6, 6.07) is 75.1. The summed E-state index contributed by atoms with van der Waals surface area (Å²) in [5, 5.41) is 11.9. The molecule has 0 bridgehead atoms. The van der Waals surface area contributed by atoms with Crippen LogP contribution in [0.4, 0.5) is 0 Å². The molecule has 13 rings (SSSR count). The van der Waals surface area contributed by atoms with Crippen LogP contribution in [0.3, 0.4) is 0 Å². The molecule has 0 N–H and O–H groups in total. The largest absolute Gasteiger partial charge is 0.455 e. The van der Waals surface area contributed by atoms with E-state index in [1.165, 1.54) is 76.6 Å². The molecular weight excluding hydrogens is 789 g/mol. The molecule has 2 atom stereocenters. The van der Waals surface area contributed by atoms with E-state index in [2.05, 4.69) is 224 Å². The van der Waals surface area contributed by atoms with Crippen molar-refractivity contribution in [2.45, 2.75) is 25.8 Å². The molecule has 2 aromatic heterocycles. The minimum atomic E-state index is -0.174. The number of rotatable bonds is 5. The molecule has 1 aliphatic rings. The number of furan rings is 1. The molecule has 0 saturated heterocycles. The Morgan fingerprint density at radius 2 is 1.12 bits per heavy atom. The summed E-state index contributed by atoms with van der Waals surface area (Å²) >= 11 is 0. The summed E-state index contributed by atoms with van der Waals surface area (Å²) in [4.78, 5) is 5.90. The number of benzene rings is 10. The third-order valence-corrected chi connectivity index (χ3v) is 14.0. The van der Waals surface area contributed by atoms with Crippen molar-refractivity contribution in [3.63, 3.8) is 0 Å². The van der Waals surface area contributed by atoms with Crippen LogP contribution in [0, 0.1) is 5.92 Å². The Bertz CT molecular complexity index is 3920. The maximum Gasteiger partial charge on any atom is 0.143 e. The quantitative estimate of drug-likeness (QED) is 0.170. The van der Waals surface area contributed by atoms with E-state index < -0.39 is 0 Å². The van der Waals surface area contributed by atoms with Crippen LogP contribution in [0.15, 0.2) is 222 Å². The molecule has 0 aliphatic carbocycles. The summed E-state index contributed by atoms with van der Waals surface area (Å²) in [6.45, 7) is 2.38. The Morgan fingerprint density at radius 1 is 0.462 bits per heavy atom. The zero-order valence-corrected chi connectivity index (χ0v) is 36.1. The van der Waals surface area contributed by atoms with Crippen molar-refractivity contribution >= 4 is 87.3 Å².